The van der Waals surface area contributed by atoms with E-state index in [1.807, 2.05) is 0 Å². The highest BCUT2D eigenvalue weighted by atomic mass is 33.1. The summed E-state index contributed by atoms with van der Waals surface area (Å²) in [4.78, 5) is 28.2. The summed E-state index contributed by atoms with van der Waals surface area (Å²) >= 11 is 0. The molecule has 2 aromatic heterocycles. The minimum absolute atomic E-state index is 0.0601. The number of hydrogen-bond acceptors (Lipinski definition) is 8. The second-order valence-corrected chi connectivity index (χ2v) is 5.56. The van der Waals surface area contributed by atoms with Gasteiger partial charge in [-0.25, -0.2) is 9.97 Å². The van der Waals surface area contributed by atoms with Gasteiger partial charge in [0.15, 0.2) is 0 Å². The van der Waals surface area contributed by atoms with Gasteiger partial charge in [-0.3, -0.25) is 20.2 Å². The molecule has 0 bridgehead atoms. The quantitative estimate of drug-likeness (QED) is 0.470. The van der Waals surface area contributed by atoms with Crippen molar-refractivity contribution in [3.8, 4) is 0 Å². The smallest absolute Gasteiger partial charge is 0.258 e. The summed E-state index contributed by atoms with van der Waals surface area (Å²) in [5.74, 6) is 0. The number of nitro groups is 2. The normalized spacial score (nSPS) is 10.2. The van der Waals surface area contributed by atoms with Crippen LogP contribution in [0.5, 0.6) is 0 Å². The Balaban J connectivity index is 2.08. The molecule has 8 nitrogen and oxygen atoms in total. The monoisotopic (exact) mass is 310 g/mol. The molecule has 0 aliphatic heterocycles. The van der Waals surface area contributed by atoms with Crippen LogP contribution in [0.3, 0.4) is 0 Å². The Labute approximate surface area is 120 Å². The Bertz CT molecular complexity index is 610. The van der Waals surface area contributed by atoms with Gasteiger partial charge in [-0.1, -0.05) is 0 Å². The predicted octanol–water partition coefficient (Wildman–Crippen LogP) is 3.09. The van der Waals surface area contributed by atoms with E-state index < -0.39 is 9.85 Å². The summed E-state index contributed by atoms with van der Waals surface area (Å²) in [6.45, 7) is 0. The predicted molar refractivity (Wildman–Crippen MR) is 73.5 cm³/mol. The highest BCUT2D eigenvalue weighted by Crippen LogP contribution is 2.36. The van der Waals surface area contributed by atoms with Crippen LogP contribution in [0, 0.1) is 20.2 Å². The molecule has 0 spiro atoms. The lowest BCUT2D eigenvalue weighted by molar-refractivity contribution is -0.385. The third kappa shape index (κ3) is 3.65. The zero-order valence-electron chi connectivity index (χ0n) is 9.70. The summed E-state index contributed by atoms with van der Waals surface area (Å²) in [6.07, 6.45) is 2.67. The van der Waals surface area contributed by atoms with Crippen LogP contribution < -0.4 is 0 Å². The minimum atomic E-state index is -0.512. The minimum Gasteiger partial charge on any atom is -0.258 e. The molecular formula is C10H6N4O4S2. The van der Waals surface area contributed by atoms with E-state index in [0.717, 1.165) is 21.6 Å². The topological polar surface area (TPSA) is 112 Å². The van der Waals surface area contributed by atoms with E-state index in [-0.39, 0.29) is 11.4 Å². The Morgan fingerprint density at radius 2 is 1.25 bits per heavy atom. The fourth-order valence-electron chi connectivity index (χ4n) is 1.20. The van der Waals surface area contributed by atoms with Crippen LogP contribution in [0.25, 0.3) is 0 Å². The van der Waals surface area contributed by atoms with E-state index in [1.165, 1.54) is 36.7 Å². The Kier molecular flexibility index (Phi) is 4.48. The first-order valence-corrected chi connectivity index (χ1v) is 7.26. The molecule has 102 valence electrons. The van der Waals surface area contributed by atoms with Gasteiger partial charge in [-0.2, -0.15) is 0 Å². The first-order chi connectivity index (χ1) is 9.56. The summed E-state index contributed by atoms with van der Waals surface area (Å²) in [5.41, 5.74) is -0.120. The van der Waals surface area contributed by atoms with Crippen LogP contribution >= 0.6 is 21.6 Å². The Hall–Kier alpha value is -2.20. The molecule has 0 aromatic carbocycles. The molecule has 0 unspecified atom stereocenters. The fourth-order valence-corrected chi connectivity index (χ4v) is 2.98. The lowest BCUT2D eigenvalue weighted by Crippen LogP contribution is -1.89. The molecule has 2 aromatic rings. The zero-order valence-corrected chi connectivity index (χ0v) is 11.3. The average molecular weight is 310 g/mol. The second kappa shape index (κ2) is 6.30. The second-order valence-electron chi connectivity index (χ2n) is 3.39. The molecule has 0 radical (unpaired) electrons. The maximum Gasteiger partial charge on any atom is 0.273 e. The maximum atomic E-state index is 10.6. The van der Waals surface area contributed by atoms with Crippen LogP contribution in [0.4, 0.5) is 11.4 Å². The lowest BCUT2D eigenvalue weighted by Gasteiger charge is -1.99. The SMILES string of the molecule is O=[N+]([O-])c1ccnc(SSc2cc([N+](=O)[O-])ccn2)c1. The summed E-state index contributed by atoms with van der Waals surface area (Å²) < 4.78 is 0. The molecule has 2 rings (SSSR count). The first-order valence-electron chi connectivity index (χ1n) is 5.11. The third-order valence-corrected chi connectivity index (χ3v) is 4.22. The largest absolute Gasteiger partial charge is 0.273 e. The molecule has 0 N–H and O–H groups in total. The van der Waals surface area contributed by atoms with Crippen molar-refractivity contribution in [1.82, 2.24) is 9.97 Å². The molecule has 0 atom stereocenters. The first kappa shape index (κ1) is 14.2. The average Bonchev–Trinajstić information content (AvgIpc) is 2.45. The highest BCUT2D eigenvalue weighted by Gasteiger charge is 2.10. The molecule has 10 heteroatoms. The van der Waals surface area contributed by atoms with Crippen molar-refractivity contribution < 1.29 is 9.85 Å². The summed E-state index contributed by atoms with van der Waals surface area (Å²) in [7, 11) is 2.28. The molecular weight excluding hydrogens is 304 g/mol. The van der Waals surface area contributed by atoms with Crippen molar-refractivity contribution in [2.75, 3.05) is 0 Å². The molecule has 0 saturated carbocycles. The van der Waals surface area contributed by atoms with Gasteiger partial charge in [0.1, 0.15) is 10.1 Å². The van der Waals surface area contributed by atoms with Crippen molar-refractivity contribution in [2.24, 2.45) is 0 Å². The number of pyridine rings is 2. The van der Waals surface area contributed by atoms with Crippen molar-refractivity contribution in [3.63, 3.8) is 0 Å². The Morgan fingerprint density at radius 3 is 1.60 bits per heavy atom. The molecule has 0 fully saturated rings. The number of rotatable bonds is 5. The van der Waals surface area contributed by atoms with Crippen LogP contribution in [0.1, 0.15) is 0 Å². The molecule has 0 aliphatic rings. The highest BCUT2D eigenvalue weighted by molar-refractivity contribution is 8.76. The number of aromatic nitrogens is 2. The summed E-state index contributed by atoms with van der Waals surface area (Å²) in [5, 5.41) is 22.1. The molecule has 0 amide bonds. The van der Waals surface area contributed by atoms with Gasteiger partial charge < -0.3 is 0 Å². The van der Waals surface area contributed by atoms with E-state index in [0.29, 0.717) is 10.1 Å². The van der Waals surface area contributed by atoms with Crippen molar-refractivity contribution >= 4 is 33.0 Å². The van der Waals surface area contributed by atoms with E-state index in [9.17, 15) is 20.2 Å². The van der Waals surface area contributed by atoms with E-state index >= 15 is 0 Å². The van der Waals surface area contributed by atoms with Gasteiger partial charge >= 0.3 is 0 Å². The third-order valence-electron chi connectivity index (χ3n) is 2.07. The number of hydrogen-bond donors (Lipinski definition) is 0. The van der Waals surface area contributed by atoms with Crippen LogP contribution in [0.2, 0.25) is 0 Å². The van der Waals surface area contributed by atoms with Crippen molar-refractivity contribution in [1.29, 1.82) is 0 Å². The van der Waals surface area contributed by atoms with Crippen molar-refractivity contribution in [3.05, 3.63) is 56.9 Å². The van der Waals surface area contributed by atoms with E-state index in [1.54, 1.807) is 0 Å². The fraction of sp³-hybridized carbons (Fsp3) is 0. The number of nitrogens with zero attached hydrogens (tertiary/aromatic N) is 4. The van der Waals surface area contributed by atoms with Gasteiger partial charge in [-0.15, -0.1) is 0 Å². The molecule has 0 saturated heterocycles. The summed E-state index contributed by atoms with van der Waals surface area (Å²) in [6, 6.07) is 5.24. The van der Waals surface area contributed by atoms with Crippen LogP contribution in [0.15, 0.2) is 46.7 Å². The standard InChI is InChI=1S/C10H6N4O4S2/c15-13(16)7-1-3-11-9(5-7)19-20-10-6-8(14(17)18)2-4-12-10/h1-6H. The van der Waals surface area contributed by atoms with Crippen LogP contribution in [-0.4, -0.2) is 19.8 Å². The van der Waals surface area contributed by atoms with E-state index in [2.05, 4.69) is 9.97 Å². The molecule has 20 heavy (non-hydrogen) atoms. The van der Waals surface area contributed by atoms with Gasteiger partial charge in [0.05, 0.1) is 9.85 Å². The Morgan fingerprint density at radius 1 is 0.850 bits per heavy atom. The van der Waals surface area contributed by atoms with Gasteiger partial charge in [-0.05, 0) is 21.6 Å². The maximum absolute atomic E-state index is 10.6. The van der Waals surface area contributed by atoms with Crippen LogP contribution in [-0.2, 0) is 0 Å². The van der Waals surface area contributed by atoms with Gasteiger partial charge in [0.25, 0.3) is 11.4 Å². The van der Waals surface area contributed by atoms with E-state index in [4.69, 9.17) is 0 Å². The van der Waals surface area contributed by atoms with Gasteiger partial charge in [0.2, 0.25) is 0 Å². The van der Waals surface area contributed by atoms with Gasteiger partial charge in [0, 0.05) is 36.7 Å². The van der Waals surface area contributed by atoms with Crippen molar-refractivity contribution in [2.45, 2.75) is 10.1 Å². The lowest BCUT2D eigenvalue weighted by atomic mass is 10.4. The molecule has 2 heterocycles. The zero-order chi connectivity index (χ0) is 14.5. The molecule has 0 aliphatic carbocycles.